The van der Waals surface area contributed by atoms with Crippen LogP contribution in [0.4, 0.5) is 22.0 Å². The number of hydrogen-bond donors (Lipinski definition) is 1. The number of nitrogens with zero attached hydrogens (tertiary/aromatic N) is 3. The molecule has 0 saturated carbocycles. The molecule has 0 fully saturated rings. The van der Waals surface area contributed by atoms with Crippen LogP contribution in [0.1, 0.15) is 11.1 Å². The fourth-order valence-corrected chi connectivity index (χ4v) is 3.89. The van der Waals surface area contributed by atoms with Gasteiger partial charge in [0, 0.05) is 23.3 Å². The molecule has 0 spiro atoms. The van der Waals surface area contributed by atoms with E-state index in [1.165, 1.54) is 30.3 Å². The van der Waals surface area contributed by atoms with Crippen LogP contribution in [0.3, 0.4) is 0 Å². The highest BCUT2D eigenvalue weighted by Crippen LogP contribution is 2.35. The third kappa shape index (κ3) is 4.01. The third-order valence-electron chi connectivity index (χ3n) is 5.61. The number of aromatic nitrogens is 3. The molecule has 2 heterocycles. The predicted octanol–water partition coefficient (Wildman–Crippen LogP) is 6.19. The second-order valence-electron chi connectivity index (χ2n) is 7.88. The second-order valence-corrected chi connectivity index (χ2v) is 7.88. The SMILES string of the molecule is N#Cc1ccc(-c2nc3[nH]c(-c4ccc(C(F)(F)F)cc4)cc(=O)n3c2-c2ccc(F)cc2F)cc1. The van der Waals surface area contributed by atoms with Crippen molar-refractivity contribution < 1.29 is 22.0 Å². The molecule has 3 aromatic carbocycles. The Morgan fingerprint density at radius 3 is 2.17 bits per heavy atom. The standard InChI is InChI=1S/C26H13F5N4O/c27-18-9-10-19(20(28)11-18)24-23(16-3-1-14(13-32)2-4-16)34-25-33-21(12-22(36)35(24)25)15-5-7-17(8-6-15)26(29,30)31/h1-12H,(H,33,34). The number of alkyl halides is 3. The first-order valence-corrected chi connectivity index (χ1v) is 10.4. The molecule has 178 valence electrons. The van der Waals surface area contributed by atoms with Crippen LogP contribution in [0.15, 0.2) is 77.6 Å². The number of halogens is 5. The van der Waals surface area contributed by atoms with Crippen LogP contribution < -0.4 is 5.56 Å². The number of benzene rings is 3. The zero-order chi connectivity index (χ0) is 25.6. The Morgan fingerprint density at radius 2 is 1.56 bits per heavy atom. The maximum atomic E-state index is 14.8. The molecule has 0 saturated heterocycles. The Labute approximate surface area is 199 Å². The van der Waals surface area contributed by atoms with E-state index >= 15 is 0 Å². The van der Waals surface area contributed by atoms with E-state index in [0.717, 1.165) is 28.7 Å². The fraction of sp³-hybridized carbons (Fsp3) is 0.0385. The summed E-state index contributed by atoms with van der Waals surface area (Å²) in [5, 5.41) is 9.08. The first-order valence-electron chi connectivity index (χ1n) is 10.4. The molecule has 0 radical (unpaired) electrons. The summed E-state index contributed by atoms with van der Waals surface area (Å²) in [5.41, 5.74) is 0.00516. The Bertz CT molecular complexity index is 1710. The van der Waals surface area contributed by atoms with E-state index in [9.17, 15) is 26.7 Å². The molecule has 0 aliphatic heterocycles. The van der Waals surface area contributed by atoms with E-state index in [2.05, 4.69) is 9.97 Å². The summed E-state index contributed by atoms with van der Waals surface area (Å²) in [6.45, 7) is 0. The minimum absolute atomic E-state index is 0.00418. The van der Waals surface area contributed by atoms with Gasteiger partial charge in [-0.15, -0.1) is 0 Å². The molecular weight excluding hydrogens is 479 g/mol. The third-order valence-corrected chi connectivity index (χ3v) is 5.61. The van der Waals surface area contributed by atoms with E-state index in [1.807, 2.05) is 6.07 Å². The van der Waals surface area contributed by atoms with Crippen LogP contribution in [0, 0.1) is 23.0 Å². The maximum absolute atomic E-state index is 14.8. The fourth-order valence-electron chi connectivity index (χ4n) is 3.89. The first-order chi connectivity index (χ1) is 17.2. The second kappa shape index (κ2) is 8.46. The summed E-state index contributed by atoms with van der Waals surface area (Å²) in [4.78, 5) is 20.6. The summed E-state index contributed by atoms with van der Waals surface area (Å²) in [6, 6.07) is 16.5. The van der Waals surface area contributed by atoms with Crippen LogP contribution in [0.2, 0.25) is 0 Å². The van der Waals surface area contributed by atoms with E-state index < -0.39 is 28.9 Å². The van der Waals surface area contributed by atoms with Gasteiger partial charge in [-0.1, -0.05) is 24.3 Å². The van der Waals surface area contributed by atoms with Gasteiger partial charge in [0.15, 0.2) is 0 Å². The molecule has 5 nitrogen and oxygen atoms in total. The van der Waals surface area contributed by atoms with Gasteiger partial charge in [-0.05, 0) is 42.0 Å². The summed E-state index contributed by atoms with van der Waals surface area (Å²) in [5.74, 6) is -1.73. The minimum Gasteiger partial charge on any atom is -0.324 e. The molecule has 10 heteroatoms. The quantitative estimate of drug-likeness (QED) is 0.305. The number of aromatic amines is 1. The van der Waals surface area contributed by atoms with Gasteiger partial charge in [0.1, 0.15) is 11.6 Å². The summed E-state index contributed by atoms with van der Waals surface area (Å²) in [7, 11) is 0. The van der Waals surface area contributed by atoms with Crippen molar-refractivity contribution in [1.82, 2.24) is 14.4 Å². The minimum atomic E-state index is -4.51. The number of nitrogens with one attached hydrogen (secondary N) is 1. The molecule has 0 unspecified atom stereocenters. The number of fused-ring (bicyclic) bond motifs is 1. The smallest absolute Gasteiger partial charge is 0.324 e. The van der Waals surface area contributed by atoms with Gasteiger partial charge in [-0.3, -0.25) is 4.79 Å². The van der Waals surface area contributed by atoms with Gasteiger partial charge in [0.25, 0.3) is 5.56 Å². The van der Waals surface area contributed by atoms with Crippen LogP contribution >= 0.6 is 0 Å². The molecular formula is C26H13F5N4O. The average Bonchev–Trinajstić information content (AvgIpc) is 3.23. The Kier molecular flexibility index (Phi) is 5.40. The Morgan fingerprint density at radius 1 is 0.889 bits per heavy atom. The molecule has 0 aliphatic rings. The highest BCUT2D eigenvalue weighted by molar-refractivity contribution is 5.82. The van der Waals surface area contributed by atoms with Gasteiger partial charge in [0.2, 0.25) is 5.78 Å². The van der Waals surface area contributed by atoms with Crippen LogP contribution in [0.5, 0.6) is 0 Å². The molecule has 0 amide bonds. The van der Waals surface area contributed by atoms with Crippen molar-refractivity contribution in [3.8, 4) is 39.8 Å². The van der Waals surface area contributed by atoms with Crippen LogP contribution in [-0.4, -0.2) is 14.4 Å². The molecule has 1 N–H and O–H groups in total. The van der Waals surface area contributed by atoms with Crippen molar-refractivity contribution >= 4 is 5.78 Å². The van der Waals surface area contributed by atoms with Crippen LogP contribution in [-0.2, 0) is 6.18 Å². The highest BCUT2D eigenvalue weighted by atomic mass is 19.4. The lowest BCUT2D eigenvalue weighted by Gasteiger charge is -2.09. The van der Waals surface area contributed by atoms with Crippen molar-refractivity contribution in [3.05, 3.63) is 106 Å². The number of rotatable bonds is 3. The predicted molar refractivity (Wildman–Crippen MR) is 122 cm³/mol. The lowest BCUT2D eigenvalue weighted by atomic mass is 10.0. The van der Waals surface area contributed by atoms with E-state index in [0.29, 0.717) is 22.8 Å². The van der Waals surface area contributed by atoms with Crippen molar-refractivity contribution in [3.63, 3.8) is 0 Å². The largest absolute Gasteiger partial charge is 0.416 e. The van der Waals surface area contributed by atoms with Crippen molar-refractivity contribution in [1.29, 1.82) is 5.26 Å². The molecule has 2 aromatic heterocycles. The molecule has 5 aromatic rings. The van der Waals surface area contributed by atoms with Crippen molar-refractivity contribution in [2.24, 2.45) is 0 Å². The molecule has 0 bridgehead atoms. The highest BCUT2D eigenvalue weighted by Gasteiger charge is 2.30. The zero-order valence-corrected chi connectivity index (χ0v) is 18.1. The molecule has 5 rings (SSSR count). The number of H-pyrrole nitrogens is 1. The summed E-state index contributed by atoms with van der Waals surface area (Å²) >= 11 is 0. The van der Waals surface area contributed by atoms with Crippen molar-refractivity contribution in [2.75, 3.05) is 0 Å². The van der Waals surface area contributed by atoms with Gasteiger partial charge >= 0.3 is 6.18 Å². The van der Waals surface area contributed by atoms with E-state index in [1.54, 1.807) is 12.1 Å². The number of imidazole rings is 1. The monoisotopic (exact) mass is 492 g/mol. The molecule has 0 atom stereocenters. The van der Waals surface area contributed by atoms with E-state index in [4.69, 9.17) is 5.26 Å². The van der Waals surface area contributed by atoms with Gasteiger partial charge < -0.3 is 4.98 Å². The summed E-state index contributed by atoms with van der Waals surface area (Å²) < 4.78 is 68.3. The van der Waals surface area contributed by atoms with Crippen LogP contribution in [0.25, 0.3) is 39.5 Å². The van der Waals surface area contributed by atoms with Gasteiger partial charge in [-0.2, -0.15) is 18.4 Å². The van der Waals surface area contributed by atoms with Gasteiger partial charge in [-0.25, -0.2) is 18.2 Å². The topological polar surface area (TPSA) is 73.9 Å². The molecule has 0 aliphatic carbocycles. The zero-order valence-electron chi connectivity index (χ0n) is 18.1. The van der Waals surface area contributed by atoms with Crippen molar-refractivity contribution in [2.45, 2.75) is 6.18 Å². The number of hydrogen-bond acceptors (Lipinski definition) is 3. The van der Waals surface area contributed by atoms with Gasteiger partial charge in [0.05, 0.1) is 34.3 Å². The first kappa shape index (κ1) is 23.0. The number of nitriles is 1. The Hall–Kier alpha value is -4.78. The summed E-state index contributed by atoms with van der Waals surface area (Å²) in [6.07, 6.45) is -4.51. The van der Waals surface area contributed by atoms with E-state index in [-0.39, 0.29) is 28.4 Å². The normalized spacial score (nSPS) is 11.6. The lowest BCUT2D eigenvalue weighted by Crippen LogP contribution is -2.14. The Balaban J connectivity index is 1.75. The molecule has 36 heavy (non-hydrogen) atoms. The average molecular weight is 492 g/mol. The lowest BCUT2D eigenvalue weighted by molar-refractivity contribution is -0.137. The maximum Gasteiger partial charge on any atom is 0.416 e.